The molecule has 0 aromatic rings. The Kier molecular flexibility index (Phi) is 5.24. The molecule has 0 aromatic heterocycles. The van der Waals surface area contributed by atoms with Crippen LogP contribution in [0.3, 0.4) is 0 Å². The lowest BCUT2D eigenvalue weighted by atomic mass is 9.96. The summed E-state index contributed by atoms with van der Waals surface area (Å²) in [6, 6.07) is -1.18. The molecule has 3 amide bonds. The molecule has 0 bridgehead atoms. The number of likely N-dealkylation sites (tertiary alicyclic amines) is 2. The Hall–Kier alpha value is -2.00. The molecule has 0 saturated carbocycles. The second kappa shape index (κ2) is 6.86. The summed E-state index contributed by atoms with van der Waals surface area (Å²) in [6.07, 6.45) is -3.47. The summed E-state index contributed by atoms with van der Waals surface area (Å²) in [5.41, 5.74) is 0. The van der Waals surface area contributed by atoms with Gasteiger partial charge in [-0.25, -0.2) is 4.79 Å². The molecule has 1 unspecified atom stereocenters. The highest BCUT2D eigenvalue weighted by Gasteiger charge is 2.53. The number of nitrogens with zero attached hydrogens (tertiary/aromatic N) is 2. The largest absolute Gasteiger partial charge is 0.481 e. The number of nitrogens with one attached hydrogen (secondary N) is 1. The molecule has 0 spiro atoms. The molecule has 0 radical (unpaired) electrons. The fourth-order valence-corrected chi connectivity index (χ4v) is 3.13. The molecule has 2 aliphatic rings. The normalized spacial score (nSPS) is 25.9. The minimum Gasteiger partial charge on any atom is -0.481 e. The van der Waals surface area contributed by atoms with Crippen molar-refractivity contribution in [1.82, 2.24) is 15.1 Å². The predicted molar refractivity (Wildman–Crippen MR) is 76.1 cm³/mol. The van der Waals surface area contributed by atoms with Crippen LogP contribution in [0, 0.1) is 11.8 Å². The van der Waals surface area contributed by atoms with Gasteiger partial charge in [0.05, 0.1) is 11.8 Å². The number of alkyl halides is 3. The first-order chi connectivity index (χ1) is 11.1. The van der Waals surface area contributed by atoms with E-state index in [-0.39, 0.29) is 12.5 Å². The van der Waals surface area contributed by atoms with Crippen LogP contribution in [0.5, 0.6) is 0 Å². The van der Waals surface area contributed by atoms with Crippen LogP contribution in [0.25, 0.3) is 0 Å². The first-order valence-electron chi connectivity index (χ1n) is 7.72. The van der Waals surface area contributed by atoms with Gasteiger partial charge in [-0.05, 0) is 13.3 Å². The quantitative estimate of drug-likeness (QED) is 0.788. The minimum atomic E-state index is -4.67. The Morgan fingerprint density at radius 3 is 2.50 bits per heavy atom. The highest BCUT2D eigenvalue weighted by Crippen LogP contribution is 2.37. The maximum Gasteiger partial charge on any atom is 0.394 e. The molecule has 10 heteroatoms. The summed E-state index contributed by atoms with van der Waals surface area (Å²) in [4.78, 5) is 37.1. The smallest absolute Gasteiger partial charge is 0.394 e. The summed E-state index contributed by atoms with van der Waals surface area (Å²) in [6.45, 7) is 1.36. The van der Waals surface area contributed by atoms with E-state index >= 15 is 0 Å². The van der Waals surface area contributed by atoms with Crippen molar-refractivity contribution in [2.75, 3.05) is 26.2 Å². The van der Waals surface area contributed by atoms with E-state index in [1.54, 1.807) is 11.8 Å². The predicted octanol–water partition coefficient (Wildman–Crippen LogP) is 0.902. The second-order valence-corrected chi connectivity index (χ2v) is 6.29. The molecule has 2 aliphatic heterocycles. The van der Waals surface area contributed by atoms with E-state index in [9.17, 15) is 27.6 Å². The fourth-order valence-electron chi connectivity index (χ4n) is 3.13. The zero-order chi connectivity index (χ0) is 18.1. The van der Waals surface area contributed by atoms with Gasteiger partial charge in [0.15, 0.2) is 0 Å². The lowest BCUT2D eigenvalue weighted by molar-refractivity contribution is -0.187. The minimum absolute atomic E-state index is 0.0136. The van der Waals surface area contributed by atoms with Crippen molar-refractivity contribution in [3.05, 3.63) is 0 Å². The monoisotopic (exact) mass is 351 g/mol. The van der Waals surface area contributed by atoms with E-state index in [1.165, 1.54) is 0 Å². The van der Waals surface area contributed by atoms with Gasteiger partial charge in [0.1, 0.15) is 0 Å². The molecule has 2 fully saturated rings. The van der Waals surface area contributed by atoms with Crippen LogP contribution in [0.4, 0.5) is 18.0 Å². The summed E-state index contributed by atoms with van der Waals surface area (Å²) < 4.78 is 38.8. The highest BCUT2D eigenvalue weighted by molar-refractivity contribution is 5.79. The first kappa shape index (κ1) is 18.3. The third-order valence-electron chi connectivity index (χ3n) is 4.38. The summed E-state index contributed by atoms with van der Waals surface area (Å²) >= 11 is 0. The van der Waals surface area contributed by atoms with Crippen LogP contribution in [-0.4, -0.2) is 71.2 Å². The number of amides is 3. The number of halogens is 3. The number of rotatable bonds is 4. The Bertz CT molecular complexity index is 526. The van der Waals surface area contributed by atoms with Crippen molar-refractivity contribution in [3.63, 3.8) is 0 Å². The van der Waals surface area contributed by atoms with Crippen LogP contribution in [0.15, 0.2) is 0 Å². The number of carboxylic acid groups (broad SMARTS) is 1. The van der Waals surface area contributed by atoms with E-state index < -0.39 is 49.1 Å². The Labute approximate surface area is 136 Å². The van der Waals surface area contributed by atoms with Crippen molar-refractivity contribution in [3.8, 4) is 0 Å². The van der Waals surface area contributed by atoms with Crippen molar-refractivity contribution in [2.24, 2.45) is 11.8 Å². The van der Waals surface area contributed by atoms with E-state index in [4.69, 9.17) is 5.11 Å². The number of carboxylic acids is 1. The lowest BCUT2D eigenvalue weighted by Gasteiger charge is -2.24. The SMILES string of the molecule is CC(CN1CCCC1=O)NC(=O)N1C[C@@H](C(F)(F)F)[C@H](C(=O)O)C1. The molecule has 2 saturated heterocycles. The van der Waals surface area contributed by atoms with Gasteiger partial charge in [0, 0.05) is 38.6 Å². The van der Waals surface area contributed by atoms with Crippen molar-refractivity contribution in [1.29, 1.82) is 0 Å². The summed E-state index contributed by atoms with van der Waals surface area (Å²) in [5.74, 6) is -5.31. The molecule has 0 aromatic carbocycles. The van der Waals surface area contributed by atoms with Gasteiger partial charge in [0.25, 0.3) is 0 Å². The molecule has 3 atom stereocenters. The van der Waals surface area contributed by atoms with Crippen molar-refractivity contribution < 1.29 is 32.7 Å². The summed E-state index contributed by atoms with van der Waals surface area (Å²) in [7, 11) is 0. The van der Waals surface area contributed by atoms with Crippen molar-refractivity contribution in [2.45, 2.75) is 32.0 Å². The zero-order valence-corrected chi connectivity index (χ0v) is 13.2. The molecule has 0 aliphatic carbocycles. The topological polar surface area (TPSA) is 90.0 Å². The number of hydrogen-bond donors (Lipinski definition) is 2. The van der Waals surface area contributed by atoms with Gasteiger partial charge in [-0.15, -0.1) is 0 Å². The average molecular weight is 351 g/mol. The molecular weight excluding hydrogens is 331 g/mol. The van der Waals surface area contributed by atoms with E-state index in [0.717, 1.165) is 11.3 Å². The maximum atomic E-state index is 12.9. The highest BCUT2D eigenvalue weighted by atomic mass is 19.4. The molecule has 2 rings (SSSR count). The van der Waals surface area contributed by atoms with Crippen LogP contribution < -0.4 is 5.32 Å². The van der Waals surface area contributed by atoms with Gasteiger partial charge in [-0.3, -0.25) is 9.59 Å². The molecular formula is C14H20F3N3O4. The molecule has 2 heterocycles. The van der Waals surface area contributed by atoms with Crippen LogP contribution in [0.2, 0.25) is 0 Å². The van der Waals surface area contributed by atoms with Gasteiger partial charge in [-0.1, -0.05) is 0 Å². The molecule has 24 heavy (non-hydrogen) atoms. The molecule has 136 valence electrons. The van der Waals surface area contributed by atoms with Gasteiger partial charge < -0.3 is 20.2 Å². The average Bonchev–Trinajstić information content (AvgIpc) is 3.05. The molecule has 2 N–H and O–H groups in total. The number of hydrogen-bond acceptors (Lipinski definition) is 3. The zero-order valence-electron chi connectivity index (χ0n) is 13.2. The van der Waals surface area contributed by atoms with Gasteiger partial charge in [-0.2, -0.15) is 13.2 Å². The van der Waals surface area contributed by atoms with Crippen LogP contribution in [-0.2, 0) is 9.59 Å². The summed E-state index contributed by atoms with van der Waals surface area (Å²) in [5, 5.41) is 11.5. The third-order valence-corrected chi connectivity index (χ3v) is 4.38. The van der Waals surface area contributed by atoms with E-state index in [2.05, 4.69) is 5.32 Å². The fraction of sp³-hybridized carbons (Fsp3) is 0.786. The molecule has 7 nitrogen and oxygen atoms in total. The Balaban J connectivity index is 1.92. The third kappa shape index (κ3) is 4.09. The second-order valence-electron chi connectivity index (χ2n) is 6.29. The lowest BCUT2D eigenvalue weighted by Crippen LogP contribution is -2.47. The Morgan fingerprint density at radius 1 is 1.38 bits per heavy atom. The Morgan fingerprint density at radius 2 is 2.04 bits per heavy atom. The number of urea groups is 1. The van der Waals surface area contributed by atoms with E-state index in [0.29, 0.717) is 13.0 Å². The van der Waals surface area contributed by atoms with Crippen molar-refractivity contribution >= 4 is 17.9 Å². The van der Waals surface area contributed by atoms with Crippen LogP contribution >= 0.6 is 0 Å². The number of carbonyl (C=O) groups excluding carboxylic acids is 2. The van der Waals surface area contributed by atoms with Crippen LogP contribution in [0.1, 0.15) is 19.8 Å². The number of carbonyl (C=O) groups is 3. The standard InChI is InChI=1S/C14H20F3N3O4/c1-8(5-19-4-2-3-11(19)21)18-13(24)20-6-9(12(22)23)10(7-20)14(15,16)17/h8-10H,2-7H2,1H3,(H,18,24)(H,22,23)/t8?,9-,10-/m1/s1. The van der Waals surface area contributed by atoms with E-state index in [1.807, 2.05) is 0 Å². The number of aliphatic carboxylic acids is 1. The first-order valence-corrected chi connectivity index (χ1v) is 7.72. The maximum absolute atomic E-state index is 12.9. The van der Waals surface area contributed by atoms with Gasteiger partial charge in [0.2, 0.25) is 5.91 Å². The van der Waals surface area contributed by atoms with Gasteiger partial charge >= 0.3 is 18.2 Å².